The van der Waals surface area contributed by atoms with E-state index in [0.29, 0.717) is 0 Å². The third kappa shape index (κ3) is 22.2. The second kappa shape index (κ2) is 21.6. The largest absolute Gasteiger partial charge is 0.393 e. The van der Waals surface area contributed by atoms with E-state index >= 15 is 0 Å². The van der Waals surface area contributed by atoms with Gasteiger partial charge >= 0.3 is 0 Å². The Morgan fingerprint density at radius 3 is 1.18 bits per heavy atom. The zero-order valence-corrected chi connectivity index (χ0v) is 19.6. The Kier molecular flexibility index (Phi) is 21.5. The molecule has 3 N–H and O–H groups in total. The highest BCUT2D eigenvalue weighted by atomic mass is 16.3. The van der Waals surface area contributed by atoms with Crippen LogP contribution in [0.25, 0.3) is 0 Å². The Labute approximate surface area is 177 Å². The average molecular weight is 400 g/mol. The van der Waals surface area contributed by atoms with E-state index < -0.39 is 0 Å². The lowest BCUT2D eigenvalue weighted by Crippen LogP contribution is -2.35. The number of nitrogens with one attached hydrogen (secondary N) is 1. The highest BCUT2D eigenvalue weighted by molar-refractivity contribution is 4.72. The summed E-state index contributed by atoms with van der Waals surface area (Å²) in [6.45, 7) is 6.94. The van der Waals surface area contributed by atoms with Crippen molar-refractivity contribution in [2.24, 2.45) is 0 Å². The Morgan fingerprint density at radius 2 is 0.857 bits per heavy atom. The van der Waals surface area contributed by atoms with Crippen molar-refractivity contribution in [3.05, 3.63) is 0 Å². The second-order valence-corrected chi connectivity index (χ2v) is 9.12. The van der Waals surface area contributed by atoms with Gasteiger partial charge in [0.2, 0.25) is 0 Å². The molecule has 0 aromatic carbocycles. The van der Waals surface area contributed by atoms with Crippen LogP contribution in [-0.2, 0) is 0 Å². The van der Waals surface area contributed by atoms with Crippen LogP contribution < -0.4 is 5.32 Å². The van der Waals surface area contributed by atoms with Crippen LogP contribution in [0.5, 0.6) is 0 Å². The van der Waals surface area contributed by atoms with Gasteiger partial charge in [0.25, 0.3) is 0 Å². The minimum absolute atomic E-state index is 0.233. The third-order valence-electron chi connectivity index (χ3n) is 5.71. The number of unbranched alkanes of at least 4 members (excludes halogenated alkanes) is 15. The van der Waals surface area contributed by atoms with Crippen molar-refractivity contribution in [1.29, 1.82) is 0 Å². The molecule has 0 rings (SSSR count). The summed E-state index contributed by atoms with van der Waals surface area (Å²) >= 11 is 0. The molecule has 0 heterocycles. The van der Waals surface area contributed by atoms with Crippen molar-refractivity contribution in [3.63, 3.8) is 0 Å². The zero-order chi connectivity index (χ0) is 20.9. The standard InChI is InChI=1S/C25H53NO2/c1-4-5-6-7-8-9-10-11-12-13-14-15-16-17-18-19-20-26-25(21-23(2)27)22-24(3)28/h23-28H,4-22H2,1-3H3. The van der Waals surface area contributed by atoms with Gasteiger partial charge in [0, 0.05) is 6.04 Å². The van der Waals surface area contributed by atoms with Gasteiger partial charge < -0.3 is 15.5 Å². The molecule has 0 amide bonds. The lowest BCUT2D eigenvalue weighted by Gasteiger charge is -2.21. The third-order valence-corrected chi connectivity index (χ3v) is 5.71. The fourth-order valence-electron chi connectivity index (χ4n) is 4.07. The molecular weight excluding hydrogens is 346 g/mol. The molecule has 0 saturated carbocycles. The fraction of sp³-hybridized carbons (Fsp3) is 1.00. The second-order valence-electron chi connectivity index (χ2n) is 9.12. The highest BCUT2D eigenvalue weighted by Crippen LogP contribution is 2.14. The van der Waals surface area contributed by atoms with Crippen molar-refractivity contribution in [2.45, 2.75) is 155 Å². The van der Waals surface area contributed by atoms with Crippen LogP contribution in [0.4, 0.5) is 0 Å². The maximum absolute atomic E-state index is 9.56. The maximum atomic E-state index is 9.56. The van der Waals surface area contributed by atoms with E-state index in [9.17, 15) is 10.2 Å². The molecule has 0 aromatic heterocycles. The van der Waals surface area contributed by atoms with Crippen LogP contribution in [0.2, 0.25) is 0 Å². The molecule has 28 heavy (non-hydrogen) atoms. The van der Waals surface area contributed by atoms with Gasteiger partial charge in [-0.1, -0.05) is 103 Å². The van der Waals surface area contributed by atoms with Crippen LogP contribution in [0.3, 0.4) is 0 Å². The first-order valence-corrected chi connectivity index (χ1v) is 12.7. The molecule has 0 fully saturated rings. The Bertz CT molecular complexity index is 284. The van der Waals surface area contributed by atoms with Crippen molar-refractivity contribution < 1.29 is 10.2 Å². The predicted octanol–water partition coefficient (Wildman–Crippen LogP) is 6.75. The smallest absolute Gasteiger partial charge is 0.0526 e. The molecule has 170 valence electrons. The van der Waals surface area contributed by atoms with Crippen LogP contribution in [-0.4, -0.2) is 35.0 Å². The molecule has 0 spiro atoms. The molecular formula is C25H53NO2. The minimum Gasteiger partial charge on any atom is -0.393 e. The minimum atomic E-state index is -0.304. The normalized spacial score (nSPS) is 14.9. The molecule has 3 heteroatoms. The van der Waals surface area contributed by atoms with E-state index in [1.165, 1.54) is 103 Å². The van der Waals surface area contributed by atoms with Gasteiger partial charge in [0.1, 0.15) is 0 Å². The number of hydrogen-bond donors (Lipinski definition) is 3. The van der Waals surface area contributed by atoms with E-state index in [1.807, 2.05) is 13.8 Å². The number of aliphatic hydroxyl groups excluding tert-OH is 2. The first-order chi connectivity index (χ1) is 13.6. The first kappa shape index (κ1) is 27.9. The number of aliphatic hydroxyl groups is 2. The maximum Gasteiger partial charge on any atom is 0.0526 e. The summed E-state index contributed by atoms with van der Waals surface area (Å²) in [4.78, 5) is 0. The summed E-state index contributed by atoms with van der Waals surface area (Å²) in [5.74, 6) is 0. The SMILES string of the molecule is CCCCCCCCCCCCCCCCCCNC(CC(C)O)CC(C)O. The van der Waals surface area contributed by atoms with Gasteiger partial charge in [0.05, 0.1) is 12.2 Å². The van der Waals surface area contributed by atoms with Crippen molar-refractivity contribution in [1.82, 2.24) is 5.32 Å². The summed E-state index contributed by atoms with van der Waals surface area (Å²) in [5, 5.41) is 22.6. The summed E-state index contributed by atoms with van der Waals surface area (Å²) in [6, 6.07) is 0.233. The lowest BCUT2D eigenvalue weighted by atomic mass is 10.0. The fourth-order valence-corrected chi connectivity index (χ4v) is 4.07. The molecule has 0 aliphatic rings. The van der Waals surface area contributed by atoms with Gasteiger partial charge in [-0.05, 0) is 39.7 Å². The Hall–Kier alpha value is -0.120. The molecule has 2 atom stereocenters. The van der Waals surface area contributed by atoms with Crippen molar-refractivity contribution in [2.75, 3.05) is 6.54 Å². The van der Waals surface area contributed by atoms with Crippen LogP contribution in [0.1, 0.15) is 136 Å². The summed E-state index contributed by atoms with van der Waals surface area (Å²) in [6.07, 6.45) is 23.2. The van der Waals surface area contributed by atoms with Gasteiger partial charge in [-0.25, -0.2) is 0 Å². The van der Waals surface area contributed by atoms with Crippen molar-refractivity contribution in [3.8, 4) is 0 Å². The van der Waals surface area contributed by atoms with Crippen LogP contribution >= 0.6 is 0 Å². The molecule has 3 nitrogen and oxygen atoms in total. The summed E-state index contributed by atoms with van der Waals surface area (Å²) in [5.41, 5.74) is 0. The highest BCUT2D eigenvalue weighted by Gasteiger charge is 2.13. The zero-order valence-electron chi connectivity index (χ0n) is 19.6. The predicted molar refractivity (Wildman–Crippen MR) is 124 cm³/mol. The number of rotatable bonds is 22. The monoisotopic (exact) mass is 399 g/mol. The Balaban J connectivity index is 3.28. The van der Waals surface area contributed by atoms with E-state index in [-0.39, 0.29) is 18.2 Å². The van der Waals surface area contributed by atoms with Crippen molar-refractivity contribution >= 4 is 0 Å². The van der Waals surface area contributed by atoms with E-state index in [0.717, 1.165) is 19.4 Å². The lowest BCUT2D eigenvalue weighted by molar-refractivity contribution is 0.131. The van der Waals surface area contributed by atoms with Gasteiger partial charge in [-0.2, -0.15) is 0 Å². The first-order valence-electron chi connectivity index (χ1n) is 12.7. The molecule has 2 unspecified atom stereocenters. The van der Waals surface area contributed by atoms with Gasteiger partial charge in [-0.15, -0.1) is 0 Å². The van der Waals surface area contributed by atoms with Gasteiger partial charge in [0.15, 0.2) is 0 Å². The quantitative estimate of drug-likeness (QED) is 0.176. The molecule has 0 saturated heterocycles. The molecule has 0 radical (unpaired) electrons. The number of hydrogen-bond acceptors (Lipinski definition) is 3. The summed E-state index contributed by atoms with van der Waals surface area (Å²) in [7, 11) is 0. The molecule has 0 aliphatic heterocycles. The van der Waals surface area contributed by atoms with Crippen LogP contribution in [0.15, 0.2) is 0 Å². The topological polar surface area (TPSA) is 52.5 Å². The Morgan fingerprint density at radius 1 is 0.536 bits per heavy atom. The molecule has 0 aliphatic carbocycles. The van der Waals surface area contributed by atoms with Gasteiger partial charge in [-0.3, -0.25) is 0 Å². The van der Waals surface area contributed by atoms with E-state index in [2.05, 4.69) is 12.2 Å². The average Bonchev–Trinajstić information content (AvgIpc) is 2.63. The summed E-state index contributed by atoms with van der Waals surface area (Å²) < 4.78 is 0. The van der Waals surface area contributed by atoms with E-state index in [1.54, 1.807) is 0 Å². The van der Waals surface area contributed by atoms with Crippen LogP contribution in [0, 0.1) is 0 Å². The van der Waals surface area contributed by atoms with E-state index in [4.69, 9.17) is 0 Å². The molecule has 0 aromatic rings. The molecule has 0 bridgehead atoms.